The second kappa shape index (κ2) is 13.2. The van der Waals surface area contributed by atoms with Gasteiger partial charge in [-0.1, -0.05) is 65.7 Å². The van der Waals surface area contributed by atoms with Crippen LogP contribution in [0.5, 0.6) is 0 Å². The highest BCUT2D eigenvalue weighted by Gasteiger charge is 2.21. The number of hydrogen-bond donors (Lipinski definition) is 0. The van der Waals surface area contributed by atoms with Crippen LogP contribution in [0.25, 0.3) is 0 Å². The van der Waals surface area contributed by atoms with Gasteiger partial charge in [0, 0.05) is 12.3 Å². The quantitative estimate of drug-likeness (QED) is 0.279. The molecule has 0 fully saturated rings. The van der Waals surface area contributed by atoms with Crippen LogP contribution in [0.2, 0.25) is 0 Å². The zero-order valence-electron chi connectivity index (χ0n) is 13.5. The lowest BCUT2D eigenvalue weighted by atomic mass is 10.1. The average Bonchev–Trinajstić information content (AvgIpc) is 2.42. The van der Waals surface area contributed by atoms with Crippen LogP contribution in [0.4, 0.5) is 0 Å². The van der Waals surface area contributed by atoms with E-state index in [-0.39, 0.29) is 0 Å². The van der Waals surface area contributed by atoms with Gasteiger partial charge in [-0.25, -0.2) is 0 Å². The Labute approximate surface area is 121 Å². The molecule has 0 atom stereocenters. The normalized spacial score (nSPS) is 11.9. The SMILES string of the molecule is CCCCCCCCOP(=O)(CCCC)CCCC. The Morgan fingerprint density at radius 3 is 1.68 bits per heavy atom. The van der Waals surface area contributed by atoms with Gasteiger partial charge in [-0.2, -0.15) is 0 Å². The number of hydrogen-bond acceptors (Lipinski definition) is 2. The molecule has 116 valence electrons. The minimum Gasteiger partial charge on any atom is -0.328 e. The lowest BCUT2D eigenvalue weighted by Crippen LogP contribution is -2.02. The summed E-state index contributed by atoms with van der Waals surface area (Å²) < 4.78 is 18.4. The fourth-order valence-corrected chi connectivity index (χ4v) is 4.69. The van der Waals surface area contributed by atoms with Gasteiger partial charge < -0.3 is 4.52 Å². The first-order chi connectivity index (χ1) is 9.18. The van der Waals surface area contributed by atoms with E-state index in [0.717, 1.165) is 44.4 Å². The standard InChI is InChI=1S/C16H35O2P/c1-4-7-10-11-12-13-14-18-19(17,15-8-5-2)16-9-6-3/h4-16H2,1-3H3. The highest BCUT2D eigenvalue weighted by atomic mass is 31.2. The van der Waals surface area contributed by atoms with Gasteiger partial charge in [0.05, 0.1) is 6.61 Å². The molecule has 0 aliphatic carbocycles. The van der Waals surface area contributed by atoms with E-state index < -0.39 is 7.37 Å². The van der Waals surface area contributed by atoms with Crippen LogP contribution in [0.3, 0.4) is 0 Å². The van der Waals surface area contributed by atoms with Crippen molar-refractivity contribution >= 4 is 7.37 Å². The van der Waals surface area contributed by atoms with Crippen LogP contribution in [0, 0.1) is 0 Å². The van der Waals surface area contributed by atoms with Crippen molar-refractivity contribution in [1.29, 1.82) is 0 Å². The predicted octanol–water partition coefficient (Wildman–Crippen LogP) is 6.24. The zero-order valence-corrected chi connectivity index (χ0v) is 14.4. The van der Waals surface area contributed by atoms with E-state index in [1.54, 1.807) is 0 Å². The molecule has 0 aromatic carbocycles. The molecule has 0 saturated carbocycles. The lowest BCUT2D eigenvalue weighted by molar-refractivity contribution is 0.300. The Morgan fingerprint density at radius 2 is 1.16 bits per heavy atom. The summed E-state index contributed by atoms with van der Waals surface area (Å²) in [5, 5.41) is 0. The summed E-state index contributed by atoms with van der Waals surface area (Å²) in [7, 11) is -2.31. The second-order valence-electron chi connectivity index (χ2n) is 5.57. The Hall–Kier alpha value is 0.190. The van der Waals surface area contributed by atoms with Gasteiger partial charge in [-0.15, -0.1) is 0 Å². The third-order valence-corrected chi connectivity index (χ3v) is 6.18. The maximum Gasteiger partial charge on any atom is 0.203 e. The molecule has 0 heterocycles. The Bertz CT molecular complexity index is 217. The van der Waals surface area contributed by atoms with E-state index >= 15 is 0 Å². The summed E-state index contributed by atoms with van der Waals surface area (Å²) in [5.74, 6) is 0. The van der Waals surface area contributed by atoms with Gasteiger partial charge in [0.2, 0.25) is 7.37 Å². The predicted molar refractivity (Wildman–Crippen MR) is 86.5 cm³/mol. The maximum absolute atomic E-state index is 12.6. The molecule has 2 nitrogen and oxygen atoms in total. The van der Waals surface area contributed by atoms with Crippen molar-refractivity contribution in [2.45, 2.75) is 85.0 Å². The van der Waals surface area contributed by atoms with Gasteiger partial charge in [0.15, 0.2) is 0 Å². The fraction of sp³-hybridized carbons (Fsp3) is 1.00. The van der Waals surface area contributed by atoms with Crippen LogP contribution in [0.15, 0.2) is 0 Å². The van der Waals surface area contributed by atoms with E-state index in [9.17, 15) is 4.57 Å². The molecule has 0 aromatic heterocycles. The van der Waals surface area contributed by atoms with Crippen molar-refractivity contribution in [2.24, 2.45) is 0 Å². The van der Waals surface area contributed by atoms with Crippen LogP contribution in [-0.4, -0.2) is 18.9 Å². The van der Waals surface area contributed by atoms with Gasteiger partial charge >= 0.3 is 0 Å². The van der Waals surface area contributed by atoms with Crippen molar-refractivity contribution in [3.05, 3.63) is 0 Å². The van der Waals surface area contributed by atoms with E-state index in [1.165, 1.54) is 32.1 Å². The van der Waals surface area contributed by atoms with Crippen molar-refractivity contribution in [3.63, 3.8) is 0 Å². The first-order valence-electron chi connectivity index (χ1n) is 8.41. The molecule has 0 bridgehead atoms. The average molecular weight is 290 g/mol. The fourth-order valence-electron chi connectivity index (χ4n) is 2.15. The summed E-state index contributed by atoms with van der Waals surface area (Å²) in [4.78, 5) is 0. The highest BCUT2D eigenvalue weighted by Crippen LogP contribution is 2.48. The van der Waals surface area contributed by atoms with E-state index in [2.05, 4.69) is 20.8 Å². The first kappa shape index (κ1) is 19.2. The summed E-state index contributed by atoms with van der Waals surface area (Å²) >= 11 is 0. The van der Waals surface area contributed by atoms with Gasteiger partial charge in [0.25, 0.3) is 0 Å². The number of rotatable bonds is 14. The summed E-state index contributed by atoms with van der Waals surface area (Å²) in [6.07, 6.45) is 13.4. The van der Waals surface area contributed by atoms with Crippen molar-refractivity contribution in [1.82, 2.24) is 0 Å². The molecule has 0 unspecified atom stereocenters. The molecule has 0 saturated heterocycles. The molecular formula is C16H35O2P. The largest absolute Gasteiger partial charge is 0.328 e. The Balaban J connectivity index is 3.76. The third kappa shape index (κ3) is 11.7. The molecule has 0 aromatic rings. The first-order valence-corrected chi connectivity index (χ1v) is 10.4. The molecular weight excluding hydrogens is 255 g/mol. The minimum atomic E-state index is -2.31. The van der Waals surface area contributed by atoms with Gasteiger partial charge in [0.1, 0.15) is 0 Å². The van der Waals surface area contributed by atoms with Crippen molar-refractivity contribution < 1.29 is 9.09 Å². The highest BCUT2D eigenvalue weighted by molar-refractivity contribution is 7.58. The topological polar surface area (TPSA) is 26.3 Å². The second-order valence-corrected chi connectivity index (χ2v) is 8.35. The molecule has 0 rings (SSSR count). The molecule has 19 heavy (non-hydrogen) atoms. The maximum atomic E-state index is 12.6. The van der Waals surface area contributed by atoms with Crippen molar-refractivity contribution in [2.75, 3.05) is 18.9 Å². The summed E-state index contributed by atoms with van der Waals surface area (Å²) in [5.41, 5.74) is 0. The summed E-state index contributed by atoms with van der Waals surface area (Å²) in [6, 6.07) is 0. The van der Waals surface area contributed by atoms with Crippen LogP contribution in [0.1, 0.15) is 85.0 Å². The molecule has 0 N–H and O–H groups in total. The Morgan fingerprint density at radius 1 is 0.684 bits per heavy atom. The third-order valence-electron chi connectivity index (χ3n) is 3.53. The number of unbranched alkanes of at least 4 members (excludes halogenated alkanes) is 7. The van der Waals surface area contributed by atoms with Gasteiger partial charge in [-0.05, 0) is 19.3 Å². The molecule has 0 spiro atoms. The molecule has 0 aliphatic heterocycles. The Kier molecular flexibility index (Phi) is 13.3. The molecule has 0 amide bonds. The monoisotopic (exact) mass is 290 g/mol. The summed E-state index contributed by atoms with van der Waals surface area (Å²) in [6.45, 7) is 7.24. The van der Waals surface area contributed by atoms with E-state index in [1.807, 2.05) is 0 Å². The van der Waals surface area contributed by atoms with Gasteiger partial charge in [-0.3, -0.25) is 4.57 Å². The minimum absolute atomic E-state index is 0.705. The van der Waals surface area contributed by atoms with Crippen LogP contribution in [-0.2, 0) is 9.09 Å². The van der Waals surface area contributed by atoms with Crippen LogP contribution >= 0.6 is 7.37 Å². The molecule has 3 heteroatoms. The zero-order chi connectivity index (χ0) is 14.4. The van der Waals surface area contributed by atoms with E-state index in [0.29, 0.717) is 6.61 Å². The van der Waals surface area contributed by atoms with Crippen molar-refractivity contribution in [3.8, 4) is 0 Å². The molecule has 0 aliphatic rings. The lowest BCUT2D eigenvalue weighted by Gasteiger charge is -2.18. The smallest absolute Gasteiger partial charge is 0.203 e. The molecule has 0 radical (unpaired) electrons. The van der Waals surface area contributed by atoms with Crippen LogP contribution < -0.4 is 0 Å². The van der Waals surface area contributed by atoms with E-state index in [4.69, 9.17) is 4.52 Å².